The first-order valence-corrected chi connectivity index (χ1v) is 7.05. The summed E-state index contributed by atoms with van der Waals surface area (Å²) in [5, 5.41) is 13.6. The minimum Gasteiger partial charge on any atom is -0.383 e. The Balaban J connectivity index is 2.01. The molecule has 0 saturated heterocycles. The molecule has 1 aromatic carbocycles. The van der Waals surface area contributed by atoms with E-state index in [-0.39, 0.29) is 0 Å². The number of benzene rings is 1. The lowest BCUT2D eigenvalue weighted by atomic mass is 10.1. The van der Waals surface area contributed by atoms with Crippen molar-refractivity contribution in [3.8, 4) is 6.07 Å². The van der Waals surface area contributed by atoms with Gasteiger partial charge in [0.25, 0.3) is 0 Å². The molecule has 2 aromatic rings. The van der Waals surface area contributed by atoms with Crippen molar-refractivity contribution in [3.05, 3.63) is 47.2 Å². The van der Waals surface area contributed by atoms with E-state index in [0.29, 0.717) is 11.4 Å². The molecular weight excluding hydrogens is 248 g/mol. The first-order valence-electron chi connectivity index (χ1n) is 7.05. The Kier molecular flexibility index (Phi) is 4.78. The van der Waals surface area contributed by atoms with E-state index in [0.717, 1.165) is 37.9 Å². The Morgan fingerprint density at radius 3 is 2.65 bits per heavy atom. The molecule has 0 bridgehead atoms. The molecule has 0 saturated carbocycles. The fourth-order valence-electron chi connectivity index (χ4n) is 2.31. The van der Waals surface area contributed by atoms with Crippen LogP contribution >= 0.6 is 0 Å². The Bertz CT molecular complexity index is 593. The van der Waals surface area contributed by atoms with Crippen LogP contribution < -0.4 is 5.73 Å². The van der Waals surface area contributed by atoms with Crippen LogP contribution in [0, 0.1) is 11.3 Å². The fraction of sp³-hybridized carbons (Fsp3) is 0.375. The van der Waals surface area contributed by atoms with E-state index in [2.05, 4.69) is 30.2 Å². The first kappa shape index (κ1) is 14.1. The zero-order valence-electron chi connectivity index (χ0n) is 11.8. The van der Waals surface area contributed by atoms with Crippen LogP contribution in [0.4, 0.5) is 5.82 Å². The normalized spacial score (nSPS) is 10.4. The molecule has 2 N–H and O–H groups in total. The predicted molar refractivity (Wildman–Crippen MR) is 80.1 cm³/mol. The van der Waals surface area contributed by atoms with Crippen LogP contribution in [0.1, 0.15) is 36.6 Å². The number of aromatic nitrogens is 2. The first-order chi connectivity index (χ1) is 9.76. The number of rotatable bonds is 6. The van der Waals surface area contributed by atoms with Crippen molar-refractivity contribution in [2.45, 2.75) is 39.2 Å². The van der Waals surface area contributed by atoms with Gasteiger partial charge in [0.1, 0.15) is 17.5 Å². The highest BCUT2D eigenvalue weighted by Crippen LogP contribution is 2.18. The molecule has 0 aliphatic rings. The smallest absolute Gasteiger partial charge is 0.140 e. The average molecular weight is 268 g/mol. The third-order valence-corrected chi connectivity index (χ3v) is 3.34. The Hall–Kier alpha value is -2.28. The SMILES string of the molecule is CCCc1nn(CCCc2ccccc2)c(N)c1C#N. The van der Waals surface area contributed by atoms with Gasteiger partial charge in [0.15, 0.2) is 0 Å². The molecule has 0 spiro atoms. The molecule has 0 amide bonds. The van der Waals surface area contributed by atoms with Gasteiger partial charge in [0, 0.05) is 6.54 Å². The van der Waals surface area contributed by atoms with E-state index in [4.69, 9.17) is 11.0 Å². The molecular formula is C16H20N4. The van der Waals surface area contributed by atoms with E-state index in [1.54, 1.807) is 4.68 Å². The Morgan fingerprint density at radius 2 is 2.00 bits per heavy atom. The molecule has 0 aliphatic carbocycles. The summed E-state index contributed by atoms with van der Waals surface area (Å²) in [7, 11) is 0. The van der Waals surface area contributed by atoms with Gasteiger partial charge >= 0.3 is 0 Å². The van der Waals surface area contributed by atoms with Gasteiger partial charge in [0.05, 0.1) is 5.69 Å². The highest BCUT2D eigenvalue weighted by Gasteiger charge is 2.14. The monoisotopic (exact) mass is 268 g/mol. The fourth-order valence-corrected chi connectivity index (χ4v) is 2.31. The lowest BCUT2D eigenvalue weighted by molar-refractivity contribution is 0.578. The second-order valence-corrected chi connectivity index (χ2v) is 4.88. The zero-order chi connectivity index (χ0) is 14.4. The van der Waals surface area contributed by atoms with Crippen LogP contribution in [-0.2, 0) is 19.4 Å². The lowest BCUT2D eigenvalue weighted by Gasteiger charge is -2.04. The minimum absolute atomic E-state index is 0.504. The van der Waals surface area contributed by atoms with E-state index in [1.807, 2.05) is 18.2 Å². The number of nitriles is 1. The molecule has 0 aliphatic heterocycles. The van der Waals surface area contributed by atoms with Crippen LogP contribution in [0.25, 0.3) is 0 Å². The number of nitrogens with zero attached hydrogens (tertiary/aromatic N) is 3. The summed E-state index contributed by atoms with van der Waals surface area (Å²) in [6.07, 6.45) is 3.73. The Morgan fingerprint density at radius 1 is 1.25 bits per heavy atom. The summed E-state index contributed by atoms with van der Waals surface area (Å²) in [6, 6.07) is 12.5. The molecule has 0 atom stereocenters. The number of hydrogen-bond donors (Lipinski definition) is 1. The molecule has 4 nitrogen and oxygen atoms in total. The van der Waals surface area contributed by atoms with Gasteiger partial charge in [0.2, 0.25) is 0 Å². The lowest BCUT2D eigenvalue weighted by Crippen LogP contribution is -2.06. The standard InChI is InChI=1S/C16H20N4/c1-2-7-15-14(12-17)16(18)20(19-15)11-6-10-13-8-4-3-5-9-13/h3-5,8-9H,2,6-7,10-11,18H2,1H3. The quantitative estimate of drug-likeness (QED) is 0.875. The molecule has 20 heavy (non-hydrogen) atoms. The summed E-state index contributed by atoms with van der Waals surface area (Å²) < 4.78 is 1.77. The predicted octanol–water partition coefficient (Wildman–Crippen LogP) is 2.92. The van der Waals surface area contributed by atoms with Crippen molar-refractivity contribution in [3.63, 3.8) is 0 Å². The number of nitrogens with two attached hydrogens (primary N) is 1. The van der Waals surface area contributed by atoms with E-state index >= 15 is 0 Å². The van der Waals surface area contributed by atoms with Gasteiger partial charge in [-0.1, -0.05) is 43.7 Å². The molecule has 0 unspecified atom stereocenters. The second kappa shape index (κ2) is 6.76. The average Bonchev–Trinajstić information content (AvgIpc) is 2.76. The number of nitrogen functional groups attached to an aromatic ring is 1. The number of aryl methyl sites for hydroxylation is 3. The van der Waals surface area contributed by atoms with Gasteiger partial charge in [-0.25, -0.2) is 4.68 Å². The summed E-state index contributed by atoms with van der Waals surface area (Å²) in [5.74, 6) is 0.504. The van der Waals surface area contributed by atoms with Crippen molar-refractivity contribution in [1.82, 2.24) is 9.78 Å². The van der Waals surface area contributed by atoms with Crippen molar-refractivity contribution >= 4 is 5.82 Å². The molecule has 1 heterocycles. The topological polar surface area (TPSA) is 67.6 Å². The summed E-state index contributed by atoms with van der Waals surface area (Å²) in [4.78, 5) is 0. The maximum atomic E-state index is 9.16. The van der Waals surface area contributed by atoms with E-state index < -0.39 is 0 Å². The van der Waals surface area contributed by atoms with Crippen molar-refractivity contribution in [2.75, 3.05) is 5.73 Å². The van der Waals surface area contributed by atoms with Crippen LogP contribution in [0.5, 0.6) is 0 Å². The van der Waals surface area contributed by atoms with Crippen LogP contribution in [0.3, 0.4) is 0 Å². The zero-order valence-corrected chi connectivity index (χ0v) is 11.8. The largest absolute Gasteiger partial charge is 0.383 e. The molecule has 0 fully saturated rings. The van der Waals surface area contributed by atoms with Crippen LogP contribution in [0.15, 0.2) is 30.3 Å². The summed E-state index contributed by atoms with van der Waals surface area (Å²) in [6.45, 7) is 2.82. The van der Waals surface area contributed by atoms with Gasteiger partial charge in [-0.2, -0.15) is 10.4 Å². The number of hydrogen-bond acceptors (Lipinski definition) is 3. The van der Waals surface area contributed by atoms with E-state index in [1.165, 1.54) is 5.56 Å². The van der Waals surface area contributed by atoms with Crippen molar-refractivity contribution in [2.24, 2.45) is 0 Å². The summed E-state index contributed by atoms with van der Waals surface area (Å²) >= 11 is 0. The van der Waals surface area contributed by atoms with Crippen LogP contribution in [0.2, 0.25) is 0 Å². The van der Waals surface area contributed by atoms with Gasteiger partial charge < -0.3 is 5.73 Å². The maximum Gasteiger partial charge on any atom is 0.140 e. The van der Waals surface area contributed by atoms with Crippen molar-refractivity contribution in [1.29, 1.82) is 5.26 Å². The summed E-state index contributed by atoms with van der Waals surface area (Å²) in [5.41, 5.74) is 8.69. The third kappa shape index (κ3) is 3.18. The molecule has 1 aromatic heterocycles. The minimum atomic E-state index is 0.504. The van der Waals surface area contributed by atoms with E-state index in [9.17, 15) is 0 Å². The van der Waals surface area contributed by atoms with Gasteiger partial charge in [-0.05, 0) is 24.8 Å². The Labute approximate surface area is 119 Å². The molecule has 4 heteroatoms. The third-order valence-electron chi connectivity index (χ3n) is 3.34. The van der Waals surface area contributed by atoms with Gasteiger partial charge in [-0.3, -0.25) is 0 Å². The molecule has 0 radical (unpaired) electrons. The highest BCUT2D eigenvalue weighted by atomic mass is 15.3. The van der Waals surface area contributed by atoms with Crippen LogP contribution in [-0.4, -0.2) is 9.78 Å². The molecule has 104 valence electrons. The van der Waals surface area contributed by atoms with Gasteiger partial charge in [-0.15, -0.1) is 0 Å². The maximum absolute atomic E-state index is 9.16. The highest BCUT2D eigenvalue weighted by molar-refractivity contribution is 5.52. The number of anilines is 1. The van der Waals surface area contributed by atoms with Crippen molar-refractivity contribution < 1.29 is 0 Å². The molecule has 2 rings (SSSR count). The second-order valence-electron chi connectivity index (χ2n) is 4.88.